The Hall–Kier alpha value is -4.34. The van der Waals surface area contributed by atoms with Gasteiger partial charge in [-0.1, -0.05) is 18.2 Å². The van der Waals surface area contributed by atoms with Crippen LogP contribution in [-0.4, -0.2) is 25.8 Å². The molecule has 3 rings (SSSR count). The molecule has 1 aromatic heterocycles. The second kappa shape index (κ2) is 9.04. The molecule has 2 aromatic carbocycles. The molecule has 3 N–H and O–H groups in total. The highest BCUT2D eigenvalue weighted by Gasteiger charge is 2.08. The predicted molar refractivity (Wildman–Crippen MR) is 106 cm³/mol. The molecule has 0 unspecified atom stereocenters. The van der Waals surface area contributed by atoms with E-state index in [0.29, 0.717) is 5.56 Å². The number of nitrogens with two attached hydrogens (primary N) is 1. The van der Waals surface area contributed by atoms with E-state index in [4.69, 9.17) is 10.5 Å². The van der Waals surface area contributed by atoms with E-state index >= 15 is 0 Å². The first kappa shape index (κ1) is 19.4. The smallest absolute Gasteiger partial charge is 0.331 e. The number of ether oxygens (including phenoxy) is 1. The largest absolute Gasteiger partial charge is 0.454 e. The summed E-state index contributed by atoms with van der Waals surface area (Å²) in [5.74, 6) is -0.213. The number of nitrogens with one attached hydrogen (secondary N) is 1. The lowest BCUT2D eigenvalue weighted by atomic mass is 10.2. The number of rotatable bonds is 7. The van der Waals surface area contributed by atoms with Gasteiger partial charge in [-0.25, -0.2) is 4.79 Å². The summed E-state index contributed by atoms with van der Waals surface area (Å²) in [7, 11) is 0. The molecule has 0 bridgehead atoms. The summed E-state index contributed by atoms with van der Waals surface area (Å²) in [5, 5.41) is 13.6. The van der Waals surface area contributed by atoms with E-state index in [1.54, 1.807) is 0 Å². The minimum absolute atomic E-state index is 0.00842. The lowest BCUT2D eigenvalue weighted by Crippen LogP contribution is -2.10. The Morgan fingerprint density at radius 3 is 2.52 bits per heavy atom. The summed E-state index contributed by atoms with van der Waals surface area (Å²) in [4.78, 5) is 34.1. The molecule has 0 atom stereocenters. The number of nitrogen functional groups attached to an aromatic ring is 1. The van der Waals surface area contributed by atoms with Gasteiger partial charge in [0.25, 0.3) is 5.69 Å². The van der Waals surface area contributed by atoms with Crippen LogP contribution in [0.4, 0.5) is 23.3 Å². The van der Waals surface area contributed by atoms with E-state index < -0.39 is 10.9 Å². The number of non-ortho nitro benzene ring substituents is 1. The normalized spacial score (nSPS) is 10.6. The third kappa shape index (κ3) is 5.82. The summed E-state index contributed by atoms with van der Waals surface area (Å²) in [6, 6.07) is 15.0. The van der Waals surface area contributed by atoms with Gasteiger partial charge in [0, 0.05) is 23.9 Å². The van der Waals surface area contributed by atoms with Crippen molar-refractivity contribution in [1.82, 2.24) is 15.0 Å². The maximum Gasteiger partial charge on any atom is 0.331 e. The second-order valence-electron chi connectivity index (χ2n) is 5.71. The van der Waals surface area contributed by atoms with Crippen molar-refractivity contribution < 1.29 is 14.5 Å². The number of benzene rings is 2. The van der Waals surface area contributed by atoms with E-state index in [1.165, 1.54) is 36.4 Å². The van der Waals surface area contributed by atoms with Crippen molar-refractivity contribution in [3.05, 3.63) is 82.2 Å². The first-order valence-electron chi connectivity index (χ1n) is 8.41. The fourth-order valence-corrected chi connectivity index (χ4v) is 2.26. The summed E-state index contributed by atoms with van der Waals surface area (Å²) in [6.45, 7) is -0.195. The van der Waals surface area contributed by atoms with Crippen LogP contribution in [0.25, 0.3) is 6.08 Å². The second-order valence-corrected chi connectivity index (χ2v) is 5.71. The molecule has 3 aromatic rings. The number of hydrogen-bond donors (Lipinski definition) is 2. The summed E-state index contributed by atoms with van der Waals surface area (Å²) >= 11 is 0. The molecular formula is C19H16N6O4. The number of nitro benzene ring substituents is 1. The van der Waals surface area contributed by atoms with E-state index in [-0.39, 0.29) is 30.0 Å². The first-order valence-corrected chi connectivity index (χ1v) is 8.41. The van der Waals surface area contributed by atoms with Crippen molar-refractivity contribution >= 4 is 35.3 Å². The van der Waals surface area contributed by atoms with Gasteiger partial charge in [0.1, 0.15) is 0 Å². The van der Waals surface area contributed by atoms with Crippen molar-refractivity contribution in [3.63, 3.8) is 0 Å². The molecule has 0 spiro atoms. The van der Waals surface area contributed by atoms with Crippen LogP contribution in [0.2, 0.25) is 0 Å². The summed E-state index contributed by atoms with van der Waals surface area (Å²) < 4.78 is 5.10. The number of anilines is 3. The molecule has 0 saturated carbocycles. The molecule has 0 aliphatic heterocycles. The quantitative estimate of drug-likeness (QED) is 0.268. The van der Waals surface area contributed by atoms with Crippen molar-refractivity contribution in [3.8, 4) is 0 Å². The minimum atomic E-state index is -0.625. The van der Waals surface area contributed by atoms with E-state index in [1.807, 2.05) is 30.3 Å². The third-order valence-electron chi connectivity index (χ3n) is 3.59. The molecule has 0 fully saturated rings. The maximum atomic E-state index is 11.9. The zero-order chi connectivity index (χ0) is 20.6. The molecular weight excluding hydrogens is 376 g/mol. The van der Waals surface area contributed by atoms with Crippen LogP contribution >= 0.6 is 0 Å². The number of nitro groups is 1. The molecule has 0 radical (unpaired) electrons. The molecule has 10 nitrogen and oxygen atoms in total. The average Bonchev–Trinajstić information content (AvgIpc) is 2.71. The zero-order valence-corrected chi connectivity index (χ0v) is 15.1. The molecule has 0 aliphatic rings. The Labute approximate surface area is 165 Å². The number of nitrogens with zero attached hydrogens (tertiary/aromatic N) is 4. The van der Waals surface area contributed by atoms with Crippen LogP contribution in [0.3, 0.4) is 0 Å². The molecule has 0 amide bonds. The van der Waals surface area contributed by atoms with Crippen molar-refractivity contribution in [1.29, 1.82) is 0 Å². The Kier molecular flexibility index (Phi) is 6.05. The van der Waals surface area contributed by atoms with E-state index in [0.717, 1.165) is 5.69 Å². The Balaban J connectivity index is 1.58. The van der Waals surface area contributed by atoms with Crippen molar-refractivity contribution in [2.45, 2.75) is 6.61 Å². The highest BCUT2D eigenvalue weighted by molar-refractivity contribution is 5.87. The van der Waals surface area contributed by atoms with Gasteiger partial charge in [-0.2, -0.15) is 15.0 Å². The van der Waals surface area contributed by atoms with Crippen LogP contribution in [0.5, 0.6) is 0 Å². The standard InChI is InChI=1S/C19H16N6O4/c20-18-22-16(23-19(24-18)21-14-4-2-1-3-5-14)12-29-17(26)11-8-13-6-9-15(10-7-13)25(27)28/h1-11H,12H2,(H3,20,21,22,23,24)/b11-8+. The topological polar surface area (TPSA) is 146 Å². The van der Waals surface area contributed by atoms with Gasteiger partial charge in [-0.3, -0.25) is 10.1 Å². The third-order valence-corrected chi connectivity index (χ3v) is 3.59. The van der Waals surface area contributed by atoms with E-state index in [2.05, 4.69) is 20.3 Å². The molecule has 29 heavy (non-hydrogen) atoms. The minimum Gasteiger partial charge on any atom is -0.454 e. The van der Waals surface area contributed by atoms with E-state index in [9.17, 15) is 14.9 Å². The number of aromatic nitrogens is 3. The van der Waals surface area contributed by atoms with Crippen molar-refractivity contribution in [2.24, 2.45) is 0 Å². The van der Waals surface area contributed by atoms with Crippen LogP contribution in [-0.2, 0) is 16.1 Å². The molecule has 10 heteroatoms. The Morgan fingerprint density at radius 1 is 1.10 bits per heavy atom. The molecule has 0 aliphatic carbocycles. The summed E-state index contributed by atoms with van der Waals surface area (Å²) in [6.07, 6.45) is 2.69. The van der Waals surface area contributed by atoms with Crippen molar-refractivity contribution in [2.75, 3.05) is 11.1 Å². The monoisotopic (exact) mass is 392 g/mol. The fraction of sp³-hybridized carbons (Fsp3) is 0.0526. The number of carbonyl (C=O) groups is 1. The van der Waals surface area contributed by atoms with Gasteiger partial charge < -0.3 is 15.8 Å². The fourth-order valence-electron chi connectivity index (χ4n) is 2.26. The SMILES string of the molecule is Nc1nc(COC(=O)/C=C/c2ccc([N+](=O)[O-])cc2)nc(Nc2ccccc2)n1. The molecule has 1 heterocycles. The van der Waals surface area contributed by atoms with Gasteiger partial charge in [-0.05, 0) is 35.9 Å². The summed E-state index contributed by atoms with van der Waals surface area (Å²) in [5.41, 5.74) is 7.04. The lowest BCUT2D eigenvalue weighted by molar-refractivity contribution is -0.384. The zero-order valence-electron chi connectivity index (χ0n) is 15.1. The van der Waals surface area contributed by atoms with Gasteiger partial charge >= 0.3 is 5.97 Å². The van der Waals surface area contributed by atoms with Gasteiger partial charge in [-0.15, -0.1) is 0 Å². The predicted octanol–water partition coefficient (Wildman–Crippen LogP) is 2.86. The Morgan fingerprint density at radius 2 is 1.83 bits per heavy atom. The lowest BCUT2D eigenvalue weighted by Gasteiger charge is -2.07. The van der Waals surface area contributed by atoms with Gasteiger partial charge in [0.05, 0.1) is 4.92 Å². The number of esters is 1. The average molecular weight is 392 g/mol. The number of carbonyl (C=O) groups excluding carboxylic acids is 1. The van der Waals surface area contributed by atoms with Crippen LogP contribution in [0, 0.1) is 10.1 Å². The van der Waals surface area contributed by atoms with Crippen LogP contribution in [0.1, 0.15) is 11.4 Å². The molecule has 0 saturated heterocycles. The van der Waals surface area contributed by atoms with Gasteiger partial charge in [0.15, 0.2) is 12.4 Å². The van der Waals surface area contributed by atoms with Crippen LogP contribution in [0.15, 0.2) is 60.7 Å². The highest BCUT2D eigenvalue weighted by atomic mass is 16.6. The highest BCUT2D eigenvalue weighted by Crippen LogP contribution is 2.14. The molecule has 146 valence electrons. The first-order chi connectivity index (χ1) is 14.0. The number of para-hydroxylation sites is 1. The maximum absolute atomic E-state index is 11.9. The number of hydrogen-bond acceptors (Lipinski definition) is 9. The van der Waals surface area contributed by atoms with Crippen LogP contribution < -0.4 is 11.1 Å². The Bertz CT molecular complexity index is 1040. The van der Waals surface area contributed by atoms with Gasteiger partial charge in [0.2, 0.25) is 11.9 Å².